The predicted octanol–water partition coefficient (Wildman–Crippen LogP) is 1.45. The van der Waals surface area contributed by atoms with Crippen LogP contribution in [0.5, 0.6) is 0 Å². The smallest absolute Gasteiger partial charge is 0.315 e. The zero-order valence-corrected chi connectivity index (χ0v) is 13.9. The van der Waals surface area contributed by atoms with Crippen LogP contribution < -0.4 is 15.4 Å². The van der Waals surface area contributed by atoms with Crippen LogP contribution in [-0.4, -0.2) is 41.0 Å². The lowest BCUT2D eigenvalue weighted by atomic mass is 10.1. The number of nitrogens with one attached hydrogen (secondary N) is 3. The van der Waals surface area contributed by atoms with Crippen LogP contribution in [0, 0.1) is 0 Å². The lowest BCUT2D eigenvalue weighted by Crippen LogP contribution is -2.38. The van der Waals surface area contributed by atoms with Gasteiger partial charge in [-0.1, -0.05) is 18.2 Å². The minimum absolute atomic E-state index is 0.308. The molecule has 1 unspecified atom stereocenters. The van der Waals surface area contributed by atoms with E-state index in [1.54, 1.807) is 38.3 Å². The highest BCUT2D eigenvalue weighted by Gasteiger charge is 2.14. The first-order valence-corrected chi connectivity index (χ1v) is 8.82. The van der Waals surface area contributed by atoms with Crippen molar-refractivity contribution in [3.63, 3.8) is 0 Å². The van der Waals surface area contributed by atoms with E-state index in [-0.39, 0.29) is 12.1 Å². The number of anilines is 1. The van der Waals surface area contributed by atoms with E-state index in [0.29, 0.717) is 24.4 Å². The summed E-state index contributed by atoms with van der Waals surface area (Å²) in [5.74, 6) is 0. The first kappa shape index (κ1) is 18.2. The summed E-state index contributed by atoms with van der Waals surface area (Å²) in [6.07, 6.45) is 1.81. The van der Waals surface area contributed by atoms with Gasteiger partial charge in [0.2, 0.25) is 10.0 Å². The largest absolute Gasteiger partial charge is 0.385 e. The van der Waals surface area contributed by atoms with E-state index in [2.05, 4.69) is 15.4 Å². The van der Waals surface area contributed by atoms with E-state index < -0.39 is 10.0 Å². The van der Waals surface area contributed by atoms with E-state index in [9.17, 15) is 13.2 Å². The van der Waals surface area contributed by atoms with Crippen molar-refractivity contribution in [2.75, 3.05) is 31.2 Å². The summed E-state index contributed by atoms with van der Waals surface area (Å²) in [5, 5.41) is 5.49. The Morgan fingerprint density at radius 2 is 2.00 bits per heavy atom. The summed E-state index contributed by atoms with van der Waals surface area (Å²) < 4.78 is 30.1. The molecule has 0 aromatic heterocycles. The molecule has 0 aliphatic heterocycles. The second-order valence-electron chi connectivity index (χ2n) is 4.93. The van der Waals surface area contributed by atoms with Gasteiger partial charge in [-0.15, -0.1) is 0 Å². The van der Waals surface area contributed by atoms with Crippen molar-refractivity contribution in [2.45, 2.75) is 19.4 Å². The number of rotatable bonds is 8. The van der Waals surface area contributed by atoms with E-state index in [1.807, 2.05) is 0 Å². The second-order valence-corrected chi connectivity index (χ2v) is 6.68. The minimum atomic E-state index is -3.37. The number of hydrogen-bond acceptors (Lipinski definition) is 4. The molecule has 1 atom stereocenters. The number of amides is 2. The zero-order chi connectivity index (χ0) is 16.6. The normalized spacial score (nSPS) is 12.5. The number of urea groups is 1. The molecular formula is C14H23N3O4S. The molecule has 1 rings (SSSR count). The van der Waals surface area contributed by atoms with Crippen molar-refractivity contribution in [3.8, 4) is 0 Å². The molecule has 8 heteroatoms. The third-order valence-corrected chi connectivity index (χ3v) is 3.47. The highest BCUT2D eigenvalue weighted by Crippen LogP contribution is 2.23. The third kappa shape index (κ3) is 6.77. The Kier molecular flexibility index (Phi) is 7.13. The molecule has 0 aliphatic rings. The fourth-order valence-electron chi connectivity index (χ4n) is 1.91. The Bertz CT molecular complexity index is 590. The molecule has 0 heterocycles. The highest BCUT2D eigenvalue weighted by atomic mass is 32.2. The zero-order valence-electron chi connectivity index (χ0n) is 13.0. The fraction of sp³-hybridized carbons (Fsp3) is 0.500. The number of methoxy groups -OCH3 is 1. The van der Waals surface area contributed by atoms with Gasteiger partial charge in [-0.05, 0) is 25.0 Å². The standard InChI is InChI=1S/C14H23N3O4S/c1-11(16-14(18)15-9-6-10-21-2)12-7-4-5-8-13(12)17-22(3,19)20/h4-5,7-8,11,17H,6,9-10H2,1-3H3,(H2,15,16,18). The maximum Gasteiger partial charge on any atom is 0.315 e. The summed E-state index contributed by atoms with van der Waals surface area (Å²) in [6, 6.07) is 6.30. The molecule has 0 saturated heterocycles. The van der Waals surface area contributed by atoms with Crippen molar-refractivity contribution in [2.24, 2.45) is 0 Å². The molecule has 2 amide bonds. The number of ether oxygens (including phenoxy) is 1. The van der Waals surface area contributed by atoms with Gasteiger partial charge in [0.05, 0.1) is 18.0 Å². The Hall–Kier alpha value is -1.80. The summed E-state index contributed by atoms with van der Waals surface area (Å²) >= 11 is 0. The van der Waals surface area contributed by atoms with Gasteiger partial charge in [-0.3, -0.25) is 4.72 Å². The maximum atomic E-state index is 11.8. The molecule has 124 valence electrons. The SMILES string of the molecule is COCCCNC(=O)NC(C)c1ccccc1NS(C)(=O)=O. The summed E-state index contributed by atoms with van der Waals surface area (Å²) in [7, 11) is -1.77. The molecule has 7 nitrogen and oxygen atoms in total. The molecule has 1 aromatic rings. The van der Waals surface area contributed by atoms with E-state index in [4.69, 9.17) is 4.74 Å². The Morgan fingerprint density at radius 1 is 1.32 bits per heavy atom. The number of sulfonamides is 1. The van der Waals surface area contributed by atoms with Crippen molar-refractivity contribution in [1.82, 2.24) is 10.6 Å². The number of hydrogen-bond donors (Lipinski definition) is 3. The average Bonchev–Trinajstić information content (AvgIpc) is 2.42. The lowest BCUT2D eigenvalue weighted by Gasteiger charge is -2.18. The Labute approximate surface area is 131 Å². The molecule has 0 radical (unpaired) electrons. The number of para-hydroxylation sites is 1. The van der Waals surface area contributed by atoms with Crippen LogP contribution >= 0.6 is 0 Å². The predicted molar refractivity (Wildman–Crippen MR) is 86.4 cm³/mol. The van der Waals surface area contributed by atoms with Crippen LogP contribution in [0.2, 0.25) is 0 Å². The van der Waals surface area contributed by atoms with Crippen LogP contribution in [0.1, 0.15) is 24.9 Å². The molecule has 0 spiro atoms. The first-order chi connectivity index (χ1) is 10.3. The lowest BCUT2D eigenvalue weighted by molar-refractivity contribution is 0.193. The van der Waals surface area contributed by atoms with Crippen molar-refractivity contribution >= 4 is 21.7 Å². The number of carbonyl (C=O) groups excluding carboxylic acids is 1. The van der Waals surface area contributed by atoms with Gasteiger partial charge in [0.15, 0.2) is 0 Å². The van der Waals surface area contributed by atoms with Gasteiger partial charge in [0.1, 0.15) is 0 Å². The molecule has 3 N–H and O–H groups in total. The van der Waals surface area contributed by atoms with Crippen LogP contribution in [-0.2, 0) is 14.8 Å². The van der Waals surface area contributed by atoms with Gasteiger partial charge in [-0.2, -0.15) is 0 Å². The molecular weight excluding hydrogens is 306 g/mol. The average molecular weight is 329 g/mol. The van der Waals surface area contributed by atoms with Gasteiger partial charge >= 0.3 is 6.03 Å². The second kappa shape index (κ2) is 8.60. The Morgan fingerprint density at radius 3 is 2.64 bits per heavy atom. The van der Waals surface area contributed by atoms with Crippen LogP contribution in [0.15, 0.2) is 24.3 Å². The van der Waals surface area contributed by atoms with Gasteiger partial charge < -0.3 is 15.4 Å². The van der Waals surface area contributed by atoms with Gasteiger partial charge in [0.25, 0.3) is 0 Å². The molecule has 0 fully saturated rings. The molecule has 0 bridgehead atoms. The first-order valence-electron chi connectivity index (χ1n) is 6.93. The molecule has 0 saturated carbocycles. The van der Waals surface area contributed by atoms with Crippen LogP contribution in [0.3, 0.4) is 0 Å². The fourth-order valence-corrected chi connectivity index (χ4v) is 2.50. The van der Waals surface area contributed by atoms with Crippen LogP contribution in [0.4, 0.5) is 10.5 Å². The monoisotopic (exact) mass is 329 g/mol. The highest BCUT2D eigenvalue weighted by molar-refractivity contribution is 7.92. The molecule has 22 heavy (non-hydrogen) atoms. The van der Waals surface area contributed by atoms with Crippen molar-refractivity contribution in [3.05, 3.63) is 29.8 Å². The van der Waals surface area contributed by atoms with E-state index >= 15 is 0 Å². The summed E-state index contributed by atoms with van der Waals surface area (Å²) in [6.45, 7) is 2.88. The van der Waals surface area contributed by atoms with Crippen molar-refractivity contribution < 1.29 is 17.9 Å². The molecule has 0 aliphatic carbocycles. The maximum absolute atomic E-state index is 11.8. The van der Waals surface area contributed by atoms with Crippen molar-refractivity contribution in [1.29, 1.82) is 0 Å². The number of benzene rings is 1. The topological polar surface area (TPSA) is 96.5 Å². The van der Waals surface area contributed by atoms with Gasteiger partial charge in [-0.25, -0.2) is 13.2 Å². The number of carbonyl (C=O) groups is 1. The molecule has 1 aromatic carbocycles. The minimum Gasteiger partial charge on any atom is -0.385 e. The summed E-state index contributed by atoms with van der Waals surface area (Å²) in [4.78, 5) is 11.8. The van der Waals surface area contributed by atoms with Gasteiger partial charge in [0, 0.05) is 20.3 Å². The third-order valence-electron chi connectivity index (χ3n) is 2.88. The van der Waals surface area contributed by atoms with Crippen LogP contribution in [0.25, 0.3) is 0 Å². The van der Waals surface area contributed by atoms with E-state index in [1.165, 1.54) is 0 Å². The quantitative estimate of drug-likeness (QED) is 0.629. The van der Waals surface area contributed by atoms with E-state index in [0.717, 1.165) is 12.7 Å². The summed E-state index contributed by atoms with van der Waals surface area (Å²) in [5.41, 5.74) is 1.15. The Balaban J connectivity index is 2.65.